The Kier molecular flexibility index (Phi) is 3.09. The second-order valence-electron chi connectivity index (χ2n) is 4.39. The monoisotopic (exact) mass is 267 g/mol. The molecule has 0 aliphatic heterocycles. The van der Waals surface area contributed by atoms with Crippen molar-refractivity contribution in [1.29, 1.82) is 0 Å². The molecule has 5 heteroatoms. The number of anilines is 1. The van der Waals surface area contributed by atoms with Crippen LogP contribution in [0.3, 0.4) is 0 Å². The Morgan fingerprint density at radius 1 is 1.10 bits per heavy atom. The summed E-state index contributed by atoms with van der Waals surface area (Å²) in [7, 11) is 0. The largest absolute Gasteiger partial charge is 0.486 e. The lowest BCUT2D eigenvalue weighted by atomic mass is 10.2. The van der Waals surface area contributed by atoms with Crippen LogP contribution in [0.15, 0.2) is 53.3 Å². The molecule has 0 spiro atoms. The molecule has 0 saturated carbocycles. The minimum atomic E-state index is -0.161. The Bertz CT molecular complexity index is 794. The SMILES string of the molecule is Nc1ccc(OCc2nc3ccccc3c(=O)[nH]2)cc1. The van der Waals surface area contributed by atoms with Gasteiger partial charge in [0.05, 0.1) is 10.9 Å². The van der Waals surface area contributed by atoms with Crippen LogP contribution in [0.4, 0.5) is 5.69 Å². The highest BCUT2D eigenvalue weighted by Gasteiger charge is 2.03. The Balaban J connectivity index is 1.84. The molecule has 5 nitrogen and oxygen atoms in total. The minimum absolute atomic E-state index is 0.161. The average molecular weight is 267 g/mol. The summed E-state index contributed by atoms with van der Waals surface area (Å²) in [6, 6.07) is 14.3. The number of aromatic nitrogens is 2. The summed E-state index contributed by atoms with van der Waals surface area (Å²) < 4.78 is 5.56. The molecule has 0 unspecified atom stereocenters. The molecule has 0 saturated heterocycles. The third-order valence-corrected chi connectivity index (χ3v) is 2.92. The van der Waals surface area contributed by atoms with E-state index in [2.05, 4.69) is 9.97 Å². The zero-order valence-electron chi connectivity index (χ0n) is 10.7. The minimum Gasteiger partial charge on any atom is -0.486 e. The molecule has 0 atom stereocenters. The second kappa shape index (κ2) is 5.05. The van der Waals surface area contributed by atoms with Gasteiger partial charge in [-0.1, -0.05) is 12.1 Å². The molecule has 0 aliphatic rings. The molecular formula is C15H13N3O2. The number of para-hydroxylation sites is 1. The number of H-pyrrole nitrogens is 1. The third-order valence-electron chi connectivity index (χ3n) is 2.92. The van der Waals surface area contributed by atoms with E-state index in [-0.39, 0.29) is 12.2 Å². The highest BCUT2D eigenvalue weighted by Crippen LogP contribution is 2.14. The van der Waals surface area contributed by atoms with Crippen LogP contribution in [-0.2, 0) is 6.61 Å². The van der Waals surface area contributed by atoms with Crippen LogP contribution < -0.4 is 16.0 Å². The van der Waals surface area contributed by atoms with E-state index >= 15 is 0 Å². The summed E-state index contributed by atoms with van der Waals surface area (Å²) in [6.07, 6.45) is 0. The summed E-state index contributed by atoms with van der Waals surface area (Å²) in [5.74, 6) is 1.17. The molecule has 0 bridgehead atoms. The molecule has 2 aromatic carbocycles. The van der Waals surface area contributed by atoms with Gasteiger partial charge in [-0.05, 0) is 36.4 Å². The molecule has 3 N–H and O–H groups in total. The number of nitrogens with zero attached hydrogens (tertiary/aromatic N) is 1. The van der Waals surface area contributed by atoms with Crippen LogP contribution in [0, 0.1) is 0 Å². The van der Waals surface area contributed by atoms with Crippen molar-refractivity contribution in [2.24, 2.45) is 0 Å². The van der Waals surface area contributed by atoms with E-state index in [0.717, 1.165) is 0 Å². The summed E-state index contributed by atoms with van der Waals surface area (Å²) >= 11 is 0. The molecule has 0 amide bonds. The fraction of sp³-hybridized carbons (Fsp3) is 0.0667. The molecule has 20 heavy (non-hydrogen) atoms. The van der Waals surface area contributed by atoms with E-state index in [0.29, 0.717) is 28.2 Å². The molecule has 1 heterocycles. The number of nitrogen functional groups attached to an aromatic ring is 1. The van der Waals surface area contributed by atoms with Crippen molar-refractivity contribution in [3.8, 4) is 5.75 Å². The van der Waals surface area contributed by atoms with Gasteiger partial charge in [0, 0.05) is 5.69 Å². The van der Waals surface area contributed by atoms with Crippen LogP contribution in [-0.4, -0.2) is 9.97 Å². The zero-order chi connectivity index (χ0) is 13.9. The van der Waals surface area contributed by atoms with Gasteiger partial charge in [0.1, 0.15) is 18.2 Å². The molecule has 3 rings (SSSR count). The van der Waals surface area contributed by atoms with Gasteiger partial charge in [0.25, 0.3) is 5.56 Å². The summed E-state index contributed by atoms with van der Waals surface area (Å²) in [6.45, 7) is 0.198. The highest BCUT2D eigenvalue weighted by atomic mass is 16.5. The van der Waals surface area contributed by atoms with Gasteiger partial charge in [-0.15, -0.1) is 0 Å². The Morgan fingerprint density at radius 3 is 2.65 bits per heavy atom. The van der Waals surface area contributed by atoms with Gasteiger partial charge in [0.2, 0.25) is 0 Å². The number of ether oxygens (including phenoxy) is 1. The predicted octanol–water partition coefficient (Wildman–Crippen LogP) is 2.08. The molecule has 0 aliphatic carbocycles. The number of aromatic amines is 1. The van der Waals surface area contributed by atoms with E-state index in [1.165, 1.54) is 0 Å². The number of fused-ring (bicyclic) bond motifs is 1. The van der Waals surface area contributed by atoms with Crippen molar-refractivity contribution in [2.75, 3.05) is 5.73 Å². The molecule has 1 aromatic heterocycles. The number of hydrogen-bond donors (Lipinski definition) is 2. The van der Waals surface area contributed by atoms with Gasteiger partial charge in [-0.2, -0.15) is 0 Å². The first kappa shape index (κ1) is 12.2. The number of rotatable bonds is 3. The average Bonchev–Trinajstić information content (AvgIpc) is 2.47. The van der Waals surface area contributed by atoms with Crippen molar-refractivity contribution >= 4 is 16.6 Å². The van der Waals surface area contributed by atoms with Gasteiger partial charge in [0.15, 0.2) is 0 Å². The zero-order valence-corrected chi connectivity index (χ0v) is 10.7. The van der Waals surface area contributed by atoms with Gasteiger partial charge in [-0.3, -0.25) is 4.79 Å². The van der Waals surface area contributed by atoms with Gasteiger partial charge >= 0.3 is 0 Å². The Hall–Kier alpha value is -2.82. The van der Waals surface area contributed by atoms with Gasteiger partial charge in [-0.25, -0.2) is 4.98 Å². The Morgan fingerprint density at radius 2 is 1.85 bits per heavy atom. The number of benzene rings is 2. The molecule has 3 aromatic rings. The smallest absolute Gasteiger partial charge is 0.258 e. The molecule has 100 valence electrons. The summed E-state index contributed by atoms with van der Waals surface area (Å²) in [5.41, 5.74) is 6.77. The quantitative estimate of drug-likeness (QED) is 0.712. The maximum atomic E-state index is 11.9. The van der Waals surface area contributed by atoms with E-state index in [1.54, 1.807) is 36.4 Å². The number of nitrogens with one attached hydrogen (secondary N) is 1. The fourth-order valence-corrected chi connectivity index (χ4v) is 1.92. The Labute approximate surface area is 115 Å². The fourth-order valence-electron chi connectivity index (χ4n) is 1.92. The first-order chi connectivity index (χ1) is 9.72. The third kappa shape index (κ3) is 2.47. The first-order valence-electron chi connectivity index (χ1n) is 6.19. The maximum absolute atomic E-state index is 11.9. The lowest BCUT2D eigenvalue weighted by molar-refractivity contribution is 0.296. The normalized spacial score (nSPS) is 10.6. The van der Waals surface area contributed by atoms with E-state index in [4.69, 9.17) is 10.5 Å². The van der Waals surface area contributed by atoms with E-state index in [1.807, 2.05) is 12.1 Å². The summed E-state index contributed by atoms with van der Waals surface area (Å²) in [5, 5.41) is 0.573. The van der Waals surface area contributed by atoms with Crippen molar-refractivity contribution in [2.45, 2.75) is 6.61 Å². The summed E-state index contributed by atoms with van der Waals surface area (Å²) in [4.78, 5) is 19.0. The van der Waals surface area contributed by atoms with Crippen molar-refractivity contribution in [3.05, 3.63) is 64.7 Å². The predicted molar refractivity (Wildman–Crippen MR) is 77.6 cm³/mol. The topological polar surface area (TPSA) is 81.0 Å². The van der Waals surface area contributed by atoms with Gasteiger partial charge < -0.3 is 15.5 Å². The standard InChI is InChI=1S/C15H13N3O2/c16-10-5-7-11(8-6-10)20-9-14-17-13-4-2-1-3-12(13)15(19)18-14/h1-8H,9,16H2,(H,17,18,19). The van der Waals surface area contributed by atoms with Crippen molar-refractivity contribution in [1.82, 2.24) is 9.97 Å². The van der Waals surface area contributed by atoms with E-state index in [9.17, 15) is 4.79 Å². The van der Waals surface area contributed by atoms with Crippen LogP contribution in [0.25, 0.3) is 10.9 Å². The van der Waals surface area contributed by atoms with Crippen LogP contribution in [0.1, 0.15) is 5.82 Å². The maximum Gasteiger partial charge on any atom is 0.258 e. The lowest BCUT2D eigenvalue weighted by Gasteiger charge is -2.06. The number of nitrogens with two attached hydrogens (primary N) is 1. The number of hydrogen-bond acceptors (Lipinski definition) is 4. The van der Waals surface area contributed by atoms with Crippen LogP contribution in [0.5, 0.6) is 5.75 Å². The van der Waals surface area contributed by atoms with E-state index < -0.39 is 0 Å². The second-order valence-corrected chi connectivity index (χ2v) is 4.39. The highest BCUT2D eigenvalue weighted by molar-refractivity contribution is 5.77. The van der Waals surface area contributed by atoms with Crippen LogP contribution in [0.2, 0.25) is 0 Å². The first-order valence-corrected chi connectivity index (χ1v) is 6.19. The van der Waals surface area contributed by atoms with Crippen molar-refractivity contribution < 1.29 is 4.74 Å². The van der Waals surface area contributed by atoms with Crippen molar-refractivity contribution in [3.63, 3.8) is 0 Å². The van der Waals surface area contributed by atoms with Crippen LogP contribution >= 0.6 is 0 Å². The lowest BCUT2D eigenvalue weighted by Crippen LogP contribution is -2.13. The molecule has 0 radical (unpaired) electrons. The molecule has 0 fully saturated rings. The molecular weight excluding hydrogens is 254 g/mol.